The molecule has 1 aromatic heterocycles. The number of guanidine groups is 1. The Kier molecular flexibility index (Phi) is 60.9. The molecule has 0 aliphatic carbocycles. The number of likely N-dealkylation sites (N-methyl/N-ethyl adjacent to an activating group) is 1. The number of carbonyl (C=O) groups excluding carboxylic acids is 11. The zero-order valence-electron chi connectivity index (χ0n) is 68.5. The second-order valence-electron chi connectivity index (χ2n) is 28.6. The van der Waals surface area contributed by atoms with E-state index >= 15 is 0 Å². The number of hydrogen-bond donors (Lipinski definition) is 6. The summed E-state index contributed by atoms with van der Waals surface area (Å²) >= 11 is 0. The van der Waals surface area contributed by atoms with E-state index in [0.29, 0.717) is 50.5 Å². The van der Waals surface area contributed by atoms with Gasteiger partial charge in [0.05, 0.1) is 7.05 Å². The van der Waals surface area contributed by atoms with Gasteiger partial charge in [0, 0.05) is 85.4 Å². The number of nitrogens with zero attached hydrogens (tertiary/aromatic N) is 3. The van der Waals surface area contributed by atoms with E-state index in [1.807, 2.05) is 122 Å². The summed E-state index contributed by atoms with van der Waals surface area (Å²) in [7, 11) is 3.89. The van der Waals surface area contributed by atoms with Crippen molar-refractivity contribution >= 4 is 80.7 Å². The van der Waals surface area contributed by atoms with Crippen LogP contribution in [-0.4, -0.2) is 112 Å². The minimum Gasteiger partial charge on any atom is -0.508 e. The van der Waals surface area contributed by atoms with E-state index in [4.69, 9.17) is 28.0 Å². The number of likely N-dealkylation sites (tertiary alicyclic amines) is 1. The number of phenolic OH excluding ortho intramolecular Hbond substituents is 1. The number of Topliss-reactive ketones (excluding diaryl/α,β-unsaturated/α-hetero) is 8. The topological polar surface area (TPSA) is 348 Å². The second-order valence-corrected chi connectivity index (χ2v) is 28.6. The standard InChI is InChI=1S/C15H16O.C12H23N3O2.C12H16O.C11H16NO.C11H14O2.C8H17N3O.C7H13NO2.C6H12O.C4H8O.2CH4/c1-11(12(2)16)10-14-8-5-7-13-6-3-4-9-15(13)14;1-8(2)7-9(14-3)12(17)15-6-4-5-10(15)11(13)16;1-9-5-4-6-12(7-9)8-10(2)11(3)13;1-9(10(2)13)7-11-5-4-6-12(3)8-11;1-8(9(2)12)7-10-3-5-11(13)6-4-10;1-6(7(2)12)4-3-5-11-8(9)10;1-5(6(2)9)3-4-7(8)10;1-4-5(2)6(3)7;1-3-4(2)5;;/h3-9,11H,10H2,1-2H3;8-10,14H,4-7H2,1-3H3,(H2,13,16);4-7,10H,8H2,1-3H3;4-6,8-9H,7H2,1-3H3;3-6,8,13H,7H2,1-2H3;6H,3-5H2,1-2H3,(H4,9,10,11);5H,3-4H2,1-2H3,(H2,8,10);5H,4H2,1-3H3;3H2,1-2H3;2*1H4/q;;;+1;;;;;;;/p+1. The van der Waals surface area contributed by atoms with Crippen molar-refractivity contribution < 1.29 is 67.7 Å². The van der Waals surface area contributed by atoms with Crippen molar-refractivity contribution in [3.8, 4) is 5.75 Å². The van der Waals surface area contributed by atoms with Crippen molar-refractivity contribution in [3.63, 3.8) is 0 Å². The van der Waals surface area contributed by atoms with E-state index in [0.717, 1.165) is 63.4 Å². The average Bonchev–Trinajstić information content (AvgIpc) is 1.23. The summed E-state index contributed by atoms with van der Waals surface area (Å²) in [5.74, 6) is 2.83. The van der Waals surface area contributed by atoms with Gasteiger partial charge < -0.3 is 43.1 Å². The van der Waals surface area contributed by atoms with Gasteiger partial charge in [-0.05, 0) is 178 Å². The number of benzene rings is 4. The zero-order chi connectivity index (χ0) is 81.9. The van der Waals surface area contributed by atoms with Crippen LogP contribution in [0.3, 0.4) is 0 Å². The Morgan fingerprint density at radius 1 is 0.565 bits per heavy atom. The molecule has 11 N–H and O–H groups in total. The molecule has 0 bridgehead atoms. The molecule has 2 heterocycles. The number of quaternary nitrogens is 1. The number of ketones is 8. The van der Waals surface area contributed by atoms with Crippen molar-refractivity contribution in [1.29, 1.82) is 0 Å². The molecule has 9 atom stereocenters. The Morgan fingerprint density at radius 3 is 1.44 bits per heavy atom. The number of aliphatic imine (C=N–C) groups is 1. The number of nitrogens with two attached hydrogens (primary N) is 5. The van der Waals surface area contributed by atoms with E-state index in [9.17, 15) is 52.7 Å². The molecule has 5 aromatic rings. The normalized spacial score (nSPS) is 13.6. The molecule has 1 saturated heterocycles. The van der Waals surface area contributed by atoms with Crippen LogP contribution in [0.25, 0.3) is 10.8 Å². The van der Waals surface area contributed by atoms with Crippen molar-refractivity contribution in [2.24, 2.45) is 82.3 Å². The first kappa shape index (κ1) is 108. The van der Waals surface area contributed by atoms with Gasteiger partial charge in [-0.25, -0.2) is 4.57 Å². The molecule has 0 radical (unpaired) electrons. The number of pyridine rings is 1. The zero-order valence-corrected chi connectivity index (χ0v) is 68.5. The maximum absolute atomic E-state index is 12.3. The first-order chi connectivity index (χ1) is 49.5. The SMILES string of the molecule is C.C.CC(=O)C(C)CCC(N)=O.CC(=O)C(C)CCCN=C(N)N.CC(=O)C(C)Cc1ccc(O)cc1.CC(=O)C(C)Cc1ccc[n+](C)c1.CC(=O)C(C)Cc1cccc(C)c1.CC(=O)C(C)Cc1cccc2ccccc12.CCC(C)=O.CCC(C)C(C)=O.C[NH2+]C(CC(C)C)C(=O)N1CCCC1C(N)=O. The summed E-state index contributed by atoms with van der Waals surface area (Å²) in [4.78, 5) is 125. The van der Waals surface area contributed by atoms with Crippen molar-refractivity contribution in [2.45, 2.75) is 249 Å². The Labute approximate surface area is 650 Å². The quantitative estimate of drug-likeness (QED) is 0.0112. The van der Waals surface area contributed by atoms with Gasteiger partial charge in [0.15, 0.2) is 24.4 Å². The van der Waals surface area contributed by atoms with Crippen LogP contribution in [0.4, 0.5) is 0 Å². The predicted octanol–water partition coefficient (Wildman–Crippen LogP) is 13.5. The lowest BCUT2D eigenvalue weighted by atomic mass is 9.94. The molecule has 108 heavy (non-hydrogen) atoms. The molecule has 0 saturated carbocycles. The Balaban J connectivity index is -0.000000373. The van der Waals surface area contributed by atoms with Gasteiger partial charge >= 0.3 is 0 Å². The van der Waals surface area contributed by atoms with Crippen LogP contribution < -0.4 is 32.8 Å². The first-order valence-electron chi connectivity index (χ1n) is 37.5. The summed E-state index contributed by atoms with van der Waals surface area (Å²) in [5, 5.41) is 13.5. The molecule has 4 aromatic carbocycles. The predicted molar refractivity (Wildman–Crippen MR) is 443 cm³/mol. The van der Waals surface area contributed by atoms with E-state index in [-0.39, 0.29) is 132 Å². The summed E-state index contributed by atoms with van der Waals surface area (Å²) in [6.45, 7) is 37.8. The number of hydrogen-bond acceptors (Lipinski definition) is 13. The molecule has 20 nitrogen and oxygen atoms in total. The molecule has 1 aliphatic heterocycles. The maximum Gasteiger partial charge on any atom is 0.281 e. The summed E-state index contributed by atoms with van der Waals surface area (Å²) < 4.78 is 2.00. The van der Waals surface area contributed by atoms with E-state index < -0.39 is 6.04 Å². The monoisotopic (exact) mass is 1510 g/mol. The molecule has 20 heteroatoms. The summed E-state index contributed by atoms with van der Waals surface area (Å²) in [6.07, 6.45) is 14.0. The van der Waals surface area contributed by atoms with E-state index in [2.05, 4.69) is 86.6 Å². The highest BCUT2D eigenvalue weighted by molar-refractivity contribution is 5.89. The smallest absolute Gasteiger partial charge is 0.281 e. The lowest BCUT2D eigenvalue weighted by molar-refractivity contribution is -0.671. The maximum atomic E-state index is 12.3. The number of aromatic hydroxyl groups is 1. The Hall–Kier alpha value is -8.91. The molecule has 3 amide bonds. The van der Waals surface area contributed by atoms with E-state index in [1.165, 1.54) is 39.9 Å². The van der Waals surface area contributed by atoms with Crippen molar-refractivity contribution in [2.75, 3.05) is 20.1 Å². The third kappa shape index (κ3) is 53.0. The number of primary amides is 2. The molecule has 606 valence electrons. The molecule has 1 aliphatic rings. The fraction of sp³-hybridized carbons (Fsp3) is 0.557. The van der Waals surface area contributed by atoms with E-state index in [1.54, 1.807) is 72.4 Å². The molecular weight excluding hydrogens is 1360 g/mol. The fourth-order valence-electron chi connectivity index (χ4n) is 9.76. The third-order valence-electron chi connectivity index (χ3n) is 18.2. The van der Waals surface area contributed by atoms with Crippen LogP contribution >= 0.6 is 0 Å². The van der Waals surface area contributed by atoms with Crippen molar-refractivity contribution in [1.82, 2.24) is 4.90 Å². The van der Waals surface area contributed by atoms with Gasteiger partial charge in [0.2, 0.25) is 11.8 Å². The van der Waals surface area contributed by atoms with Crippen LogP contribution in [0.2, 0.25) is 0 Å². The molecule has 6 rings (SSSR count). The highest BCUT2D eigenvalue weighted by Crippen LogP contribution is 2.23. The number of amides is 3. The Bertz CT molecular complexity index is 3420. The number of fused-ring (bicyclic) bond motifs is 1. The van der Waals surface area contributed by atoms with Crippen molar-refractivity contribution in [3.05, 3.63) is 143 Å². The third-order valence-corrected chi connectivity index (χ3v) is 18.2. The number of aromatic nitrogens is 1. The molecule has 9 unspecified atom stereocenters. The van der Waals surface area contributed by atoms with Crippen LogP contribution in [0.15, 0.2) is 121 Å². The van der Waals surface area contributed by atoms with Gasteiger partial charge in [0.25, 0.3) is 5.91 Å². The van der Waals surface area contributed by atoms with Crippen LogP contribution in [0, 0.1) is 54.3 Å². The molecular formula is C88H144N8O12+2. The minimum atomic E-state index is -0.392. The number of carbonyl (C=O) groups is 11. The van der Waals surface area contributed by atoms with Gasteiger partial charge in [-0.2, -0.15) is 0 Å². The number of rotatable bonds is 29. The van der Waals surface area contributed by atoms with Gasteiger partial charge in [-0.1, -0.05) is 175 Å². The minimum absolute atomic E-state index is 0. The number of aryl methyl sites for hydroxylation is 2. The van der Waals surface area contributed by atoms with Crippen LogP contribution in [0.5, 0.6) is 5.75 Å². The van der Waals surface area contributed by atoms with Gasteiger partial charge in [0.1, 0.15) is 65.1 Å². The largest absolute Gasteiger partial charge is 0.508 e. The highest BCUT2D eigenvalue weighted by atomic mass is 16.3. The second kappa shape index (κ2) is 61.0. The lowest BCUT2D eigenvalue weighted by Crippen LogP contribution is -2.89. The van der Waals surface area contributed by atoms with Gasteiger partial charge in [-0.3, -0.25) is 52.9 Å². The average molecular weight is 1510 g/mol. The first-order valence-corrected chi connectivity index (χ1v) is 37.5. The fourth-order valence-corrected chi connectivity index (χ4v) is 9.76. The van der Waals surface area contributed by atoms with Gasteiger partial charge in [-0.15, -0.1) is 0 Å². The molecule has 1 fully saturated rings. The van der Waals surface area contributed by atoms with Crippen LogP contribution in [-0.2, 0) is 85.5 Å². The highest BCUT2D eigenvalue weighted by Gasteiger charge is 2.37. The molecule has 0 spiro atoms. The summed E-state index contributed by atoms with van der Waals surface area (Å²) in [6, 6.07) is 33.5. The van der Waals surface area contributed by atoms with Crippen LogP contribution in [0.1, 0.15) is 232 Å². The Morgan fingerprint density at radius 2 is 1.02 bits per heavy atom. The lowest BCUT2D eigenvalue weighted by Gasteiger charge is -2.25. The number of phenols is 1. The summed E-state index contributed by atoms with van der Waals surface area (Å²) in [5.41, 5.74) is 26.6.